The Balaban J connectivity index is 2.21. The highest BCUT2D eigenvalue weighted by molar-refractivity contribution is 5.32. The Morgan fingerprint density at radius 1 is 1.13 bits per heavy atom. The van der Waals surface area contributed by atoms with Crippen molar-refractivity contribution in [3.8, 4) is 6.07 Å². The molecular weight excluding hydrogens is 182 g/mol. The van der Waals surface area contributed by atoms with Crippen molar-refractivity contribution in [3.63, 3.8) is 0 Å². The monoisotopic (exact) mass is 199 g/mol. The van der Waals surface area contributed by atoms with Gasteiger partial charge >= 0.3 is 0 Å². The molecule has 78 valence electrons. The van der Waals surface area contributed by atoms with Crippen LogP contribution in [0.25, 0.3) is 0 Å². The fraction of sp³-hybridized carbons (Fsp3) is 0.500. The molecule has 0 aromatic heterocycles. The van der Waals surface area contributed by atoms with Gasteiger partial charge in [-0.05, 0) is 29.9 Å². The predicted octanol–water partition coefficient (Wildman–Crippen LogP) is 3.80. The van der Waals surface area contributed by atoms with Gasteiger partial charge in [0.25, 0.3) is 0 Å². The van der Waals surface area contributed by atoms with E-state index < -0.39 is 0 Å². The third-order valence-electron chi connectivity index (χ3n) is 3.37. The molecule has 0 unspecified atom stereocenters. The van der Waals surface area contributed by atoms with Crippen LogP contribution in [0.1, 0.15) is 49.1 Å². The van der Waals surface area contributed by atoms with Crippen LogP contribution in [-0.4, -0.2) is 0 Å². The summed E-state index contributed by atoms with van der Waals surface area (Å²) in [5.74, 6) is 0.711. The molecule has 0 saturated heterocycles. The number of nitriles is 1. The lowest BCUT2D eigenvalue weighted by Crippen LogP contribution is -2.07. The summed E-state index contributed by atoms with van der Waals surface area (Å²) in [5, 5.41) is 8.79. The van der Waals surface area contributed by atoms with Crippen LogP contribution in [0, 0.1) is 11.3 Å². The van der Waals surface area contributed by atoms with Gasteiger partial charge in [0.1, 0.15) is 0 Å². The highest BCUT2D eigenvalue weighted by Gasteiger charge is 2.17. The van der Waals surface area contributed by atoms with Gasteiger partial charge in [0.05, 0.1) is 12.5 Å². The van der Waals surface area contributed by atoms with Gasteiger partial charge in [-0.1, -0.05) is 43.5 Å². The molecule has 1 aliphatic carbocycles. The molecule has 0 heterocycles. The summed E-state index contributed by atoms with van der Waals surface area (Å²) in [4.78, 5) is 0. The van der Waals surface area contributed by atoms with Crippen LogP contribution in [-0.2, 0) is 6.42 Å². The Kier molecular flexibility index (Phi) is 3.40. The normalized spacial score (nSPS) is 17.3. The summed E-state index contributed by atoms with van der Waals surface area (Å²) >= 11 is 0. The molecule has 0 spiro atoms. The summed E-state index contributed by atoms with van der Waals surface area (Å²) in [7, 11) is 0. The molecule has 0 atom stereocenters. The van der Waals surface area contributed by atoms with Crippen molar-refractivity contribution in [2.75, 3.05) is 0 Å². The van der Waals surface area contributed by atoms with Crippen molar-refractivity contribution in [3.05, 3.63) is 35.4 Å². The molecular formula is C14H17N. The van der Waals surface area contributed by atoms with Crippen LogP contribution in [0.5, 0.6) is 0 Å². The first-order chi connectivity index (χ1) is 7.42. The van der Waals surface area contributed by atoms with Crippen LogP contribution in [0.15, 0.2) is 24.3 Å². The van der Waals surface area contributed by atoms with Gasteiger partial charge in [-0.25, -0.2) is 0 Å². The second kappa shape index (κ2) is 4.98. The minimum atomic E-state index is 0.562. The van der Waals surface area contributed by atoms with Crippen LogP contribution < -0.4 is 0 Å². The van der Waals surface area contributed by atoms with Crippen molar-refractivity contribution in [1.29, 1.82) is 5.26 Å². The van der Waals surface area contributed by atoms with E-state index in [1.165, 1.54) is 43.2 Å². The summed E-state index contributed by atoms with van der Waals surface area (Å²) in [5.41, 5.74) is 2.67. The molecule has 15 heavy (non-hydrogen) atoms. The highest BCUT2D eigenvalue weighted by atomic mass is 14.3. The second-order valence-electron chi connectivity index (χ2n) is 4.37. The van der Waals surface area contributed by atoms with Crippen LogP contribution in [0.3, 0.4) is 0 Å². The Hall–Kier alpha value is -1.29. The molecule has 1 aliphatic rings. The Bertz CT molecular complexity index is 356. The molecule has 1 heteroatoms. The number of benzene rings is 1. The topological polar surface area (TPSA) is 23.8 Å². The maximum atomic E-state index is 8.79. The zero-order chi connectivity index (χ0) is 10.5. The number of hydrogen-bond donors (Lipinski definition) is 0. The Morgan fingerprint density at radius 3 is 2.60 bits per heavy atom. The summed E-state index contributed by atoms with van der Waals surface area (Å²) in [6.45, 7) is 0. The number of nitrogens with zero attached hydrogens (tertiary/aromatic N) is 1. The van der Waals surface area contributed by atoms with Gasteiger partial charge in [-0.2, -0.15) is 5.26 Å². The van der Waals surface area contributed by atoms with E-state index >= 15 is 0 Å². The molecule has 1 saturated carbocycles. The molecule has 1 aromatic rings. The van der Waals surface area contributed by atoms with Crippen LogP contribution >= 0.6 is 0 Å². The molecule has 0 bridgehead atoms. The van der Waals surface area contributed by atoms with E-state index in [-0.39, 0.29) is 0 Å². The van der Waals surface area contributed by atoms with Crippen LogP contribution in [0.4, 0.5) is 0 Å². The van der Waals surface area contributed by atoms with E-state index in [0.717, 1.165) is 0 Å². The molecule has 0 N–H and O–H groups in total. The van der Waals surface area contributed by atoms with E-state index in [0.29, 0.717) is 12.3 Å². The van der Waals surface area contributed by atoms with Crippen molar-refractivity contribution in [1.82, 2.24) is 0 Å². The minimum absolute atomic E-state index is 0.562. The SMILES string of the molecule is N#CCc1ccccc1C1CCCCC1. The van der Waals surface area contributed by atoms with E-state index in [4.69, 9.17) is 5.26 Å². The lowest BCUT2D eigenvalue weighted by atomic mass is 9.82. The van der Waals surface area contributed by atoms with Gasteiger partial charge in [-0.15, -0.1) is 0 Å². The average molecular weight is 199 g/mol. The van der Waals surface area contributed by atoms with E-state index in [9.17, 15) is 0 Å². The average Bonchev–Trinajstić information content (AvgIpc) is 2.31. The molecule has 1 fully saturated rings. The Morgan fingerprint density at radius 2 is 1.87 bits per heavy atom. The minimum Gasteiger partial charge on any atom is -0.198 e. The van der Waals surface area contributed by atoms with Gasteiger partial charge < -0.3 is 0 Å². The number of hydrogen-bond acceptors (Lipinski definition) is 1. The van der Waals surface area contributed by atoms with Crippen molar-refractivity contribution < 1.29 is 0 Å². The number of rotatable bonds is 2. The van der Waals surface area contributed by atoms with Gasteiger partial charge in [0, 0.05) is 0 Å². The van der Waals surface area contributed by atoms with Gasteiger partial charge in [0.2, 0.25) is 0 Å². The molecule has 2 rings (SSSR count). The van der Waals surface area contributed by atoms with Gasteiger partial charge in [0.15, 0.2) is 0 Å². The maximum Gasteiger partial charge on any atom is 0.0669 e. The first kappa shape index (κ1) is 10.2. The van der Waals surface area contributed by atoms with Crippen molar-refractivity contribution in [2.24, 2.45) is 0 Å². The fourth-order valence-electron chi connectivity index (χ4n) is 2.59. The second-order valence-corrected chi connectivity index (χ2v) is 4.37. The van der Waals surface area contributed by atoms with E-state index in [2.05, 4.69) is 24.3 Å². The first-order valence-corrected chi connectivity index (χ1v) is 5.86. The standard InChI is InChI=1S/C14H17N/c15-11-10-13-8-4-5-9-14(13)12-6-2-1-3-7-12/h4-5,8-9,12H,1-3,6-7,10H2. The maximum absolute atomic E-state index is 8.79. The molecule has 1 nitrogen and oxygen atoms in total. The molecule has 0 amide bonds. The Labute approximate surface area is 91.7 Å². The first-order valence-electron chi connectivity index (χ1n) is 5.86. The lowest BCUT2D eigenvalue weighted by molar-refractivity contribution is 0.442. The third kappa shape index (κ3) is 2.39. The molecule has 0 aliphatic heterocycles. The zero-order valence-electron chi connectivity index (χ0n) is 9.08. The summed E-state index contributed by atoms with van der Waals surface area (Å²) in [6, 6.07) is 10.7. The quantitative estimate of drug-likeness (QED) is 0.710. The molecule has 0 radical (unpaired) electrons. The summed E-state index contributed by atoms with van der Waals surface area (Å²) in [6.07, 6.45) is 7.27. The largest absolute Gasteiger partial charge is 0.198 e. The van der Waals surface area contributed by atoms with E-state index in [1.807, 2.05) is 6.07 Å². The zero-order valence-corrected chi connectivity index (χ0v) is 9.08. The van der Waals surface area contributed by atoms with Gasteiger partial charge in [-0.3, -0.25) is 0 Å². The summed E-state index contributed by atoms with van der Waals surface area (Å²) < 4.78 is 0. The predicted molar refractivity (Wildman–Crippen MR) is 61.6 cm³/mol. The fourth-order valence-corrected chi connectivity index (χ4v) is 2.59. The third-order valence-corrected chi connectivity index (χ3v) is 3.37. The van der Waals surface area contributed by atoms with E-state index in [1.54, 1.807) is 0 Å². The van der Waals surface area contributed by atoms with Crippen molar-refractivity contribution in [2.45, 2.75) is 44.4 Å². The molecule has 1 aromatic carbocycles. The smallest absolute Gasteiger partial charge is 0.0669 e. The van der Waals surface area contributed by atoms with Crippen LogP contribution in [0.2, 0.25) is 0 Å². The lowest BCUT2D eigenvalue weighted by Gasteiger charge is -2.23. The highest BCUT2D eigenvalue weighted by Crippen LogP contribution is 2.34. The van der Waals surface area contributed by atoms with Crippen molar-refractivity contribution >= 4 is 0 Å².